The van der Waals surface area contributed by atoms with Gasteiger partial charge >= 0.3 is 5.97 Å². The lowest BCUT2D eigenvalue weighted by Crippen LogP contribution is -2.20. The molecular formula is C13H14BrClN2O2. The maximum atomic E-state index is 11.9. The number of imidazole rings is 1. The highest BCUT2D eigenvalue weighted by Crippen LogP contribution is 2.26. The van der Waals surface area contributed by atoms with Crippen LogP contribution in [0.25, 0.3) is 11.0 Å². The molecule has 0 aliphatic heterocycles. The van der Waals surface area contributed by atoms with E-state index in [9.17, 15) is 4.79 Å². The largest absolute Gasteiger partial charge is 0.464 e. The molecule has 1 heterocycles. The lowest BCUT2D eigenvalue weighted by molar-refractivity contribution is -0.146. The number of rotatable bonds is 4. The fourth-order valence-electron chi connectivity index (χ4n) is 2.01. The average Bonchev–Trinajstić information content (AvgIpc) is 2.75. The van der Waals surface area contributed by atoms with Gasteiger partial charge in [0, 0.05) is 4.47 Å². The summed E-state index contributed by atoms with van der Waals surface area (Å²) in [5.41, 5.74) is 1.68. The Balaban J connectivity index is 2.56. The molecule has 0 amide bonds. The number of carbonyl (C=O) groups excluding carboxylic acids is 1. The number of carbonyl (C=O) groups is 1. The van der Waals surface area contributed by atoms with Crippen molar-refractivity contribution in [3.8, 4) is 0 Å². The van der Waals surface area contributed by atoms with Gasteiger partial charge in [0.1, 0.15) is 11.9 Å². The van der Waals surface area contributed by atoms with Gasteiger partial charge in [0.05, 0.1) is 23.5 Å². The van der Waals surface area contributed by atoms with Gasteiger partial charge in [-0.1, -0.05) is 15.9 Å². The molecule has 0 fully saturated rings. The monoisotopic (exact) mass is 344 g/mol. The van der Waals surface area contributed by atoms with Crippen molar-refractivity contribution in [1.82, 2.24) is 9.55 Å². The molecule has 0 aliphatic carbocycles. The fraction of sp³-hybridized carbons (Fsp3) is 0.385. The van der Waals surface area contributed by atoms with E-state index in [0.29, 0.717) is 12.4 Å². The van der Waals surface area contributed by atoms with Crippen molar-refractivity contribution in [3.63, 3.8) is 0 Å². The molecule has 0 aliphatic rings. The summed E-state index contributed by atoms with van der Waals surface area (Å²) in [4.78, 5) is 16.4. The highest BCUT2D eigenvalue weighted by atomic mass is 79.9. The zero-order valence-electron chi connectivity index (χ0n) is 10.7. The van der Waals surface area contributed by atoms with E-state index < -0.39 is 6.04 Å². The number of hydrogen-bond acceptors (Lipinski definition) is 3. The summed E-state index contributed by atoms with van der Waals surface area (Å²) < 4.78 is 7.82. The van der Waals surface area contributed by atoms with Crippen molar-refractivity contribution in [2.24, 2.45) is 0 Å². The molecule has 0 radical (unpaired) electrons. The maximum Gasteiger partial charge on any atom is 0.328 e. The van der Waals surface area contributed by atoms with Crippen molar-refractivity contribution < 1.29 is 9.53 Å². The third-order valence-corrected chi connectivity index (χ3v) is 3.59. The molecule has 4 nitrogen and oxygen atoms in total. The number of fused-ring (bicyclic) bond motifs is 1. The first-order chi connectivity index (χ1) is 9.08. The van der Waals surface area contributed by atoms with E-state index in [1.54, 1.807) is 13.8 Å². The summed E-state index contributed by atoms with van der Waals surface area (Å²) in [7, 11) is 0. The van der Waals surface area contributed by atoms with Gasteiger partial charge in [-0.3, -0.25) is 0 Å². The molecule has 2 rings (SSSR count). The van der Waals surface area contributed by atoms with Crippen LogP contribution in [-0.4, -0.2) is 22.1 Å². The van der Waals surface area contributed by atoms with Crippen molar-refractivity contribution in [3.05, 3.63) is 28.5 Å². The Morgan fingerprint density at radius 3 is 2.95 bits per heavy atom. The van der Waals surface area contributed by atoms with Gasteiger partial charge in [-0.25, -0.2) is 9.78 Å². The topological polar surface area (TPSA) is 44.1 Å². The van der Waals surface area contributed by atoms with Crippen LogP contribution in [0.3, 0.4) is 0 Å². The summed E-state index contributed by atoms with van der Waals surface area (Å²) in [6, 6.07) is 5.28. The Morgan fingerprint density at radius 1 is 1.58 bits per heavy atom. The molecule has 1 unspecified atom stereocenters. The molecule has 0 spiro atoms. The van der Waals surface area contributed by atoms with Crippen LogP contribution in [0.4, 0.5) is 0 Å². The van der Waals surface area contributed by atoms with Crippen LogP contribution in [0, 0.1) is 0 Å². The Hall–Kier alpha value is -1.07. The molecule has 1 atom stereocenters. The highest BCUT2D eigenvalue weighted by molar-refractivity contribution is 9.10. The zero-order valence-corrected chi connectivity index (χ0v) is 13.0. The van der Waals surface area contributed by atoms with E-state index in [0.717, 1.165) is 15.5 Å². The second kappa shape index (κ2) is 5.92. The Labute approximate surface area is 124 Å². The van der Waals surface area contributed by atoms with Gasteiger partial charge < -0.3 is 9.30 Å². The van der Waals surface area contributed by atoms with Gasteiger partial charge in [-0.05, 0) is 32.0 Å². The van der Waals surface area contributed by atoms with Crippen molar-refractivity contribution >= 4 is 44.5 Å². The van der Waals surface area contributed by atoms with E-state index in [-0.39, 0.29) is 11.8 Å². The number of halogens is 2. The predicted molar refractivity (Wildman–Crippen MR) is 78.3 cm³/mol. The smallest absolute Gasteiger partial charge is 0.328 e. The Morgan fingerprint density at radius 2 is 2.32 bits per heavy atom. The van der Waals surface area contributed by atoms with Gasteiger partial charge in [-0.15, -0.1) is 11.6 Å². The molecule has 0 saturated carbocycles. The summed E-state index contributed by atoms with van der Waals surface area (Å²) >= 11 is 9.35. The molecule has 2 aromatic rings. The van der Waals surface area contributed by atoms with Crippen molar-refractivity contribution in [2.45, 2.75) is 25.8 Å². The standard InChI is InChI=1S/C13H14BrClN2O2/c1-3-19-13(18)8(2)17-11-6-9(14)4-5-10(11)16-12(17)7-15/h4-6,8H,3,7H2,1-2H3. The molecule has 0 saturated heterocycles. The van der Waals surface area contributed by atoms with Crippen LogP contribution in [-0.2, 0) is 15.4 Å². The maximum absolute atomic E-state index is 11.9. The summed E-state index contributed by atoms with van der Waals surface area (Å²) in [6.45, 7) is 3.93. The fourth-order valence-corrected chi connectivity index (χ4v) is 2.55. The van der Waals surface area contributed by atoms with Gasteiger partial charge in [-0.2, -0.15) is 0 Å². The first-order valence-corrected chi connectivity index (χ1v) is 7.30. The Bertz CT molecular complexity index is 612. The molecule has 1 aromatic carbocycles. The number of benzene rings is 1. The quantitative estimate of drug-likeness (QED) is 0.627. The van der Waals surface area contributed by atoms with Gasteiger partial charge in [0.15, 0.2) is 0 Å². The summed E-state index contributed by atoms with van der Waals surface area (Å²) in [5, 5.41) is 0. The van der Waals surface area contributed by atoms with E-state index >= 15 is 0 Å². The highest BCUT2D eigenvalue weighted by Gasteiger charge is 2.22. The first-order valence-electron chi connectivity index (χ1n) is 5.97. The Kier molecular flexibility index (Phi) is 4.47. The average molecular weight is 346 g/mol. The van der Waals surface area contributed by atoms with Crippen LogP contribution in [0.2, 0.25) is 0 Å². The molecule has 0 bridgehead atoms. The molecule has 6 heteroatoms. The van der Waals surface area contributed by atoms with Crippen molar-refractivity contribution in [2.75, 3.05) is 6.61 Å². The third kappa shape index (κ3) is 2.77. The SMILES string of the molecule is CCOC(=O)C(C)n1c(CCl)nc2ccc(Br)cc21. The number of ether oxygens (including phenoxy) is 1. The molecule has 102 valence electrons. The number of hydrogen-bond donors (Lipinski definition) is 0. The van der Waals surface area contributed by atoms with Crippen LogP contribution in [0.1, 0.15) is 25.7 Å². The minimum Gasteiger partial charge on any atom is -0.464 e. The van der Waals surface area contributed by atoms with E-state index in [2.05, 4.69) is 20.9 Å². The lowest BCUT2D eigenvalue weighted by Gasteiger charge is -2.15. The minimum atomic E-state index is -0.451. The van der Waals surface area contributed by atoms with Crippen LogP contribution in [0.15, 0.2) is 22.7 Å². The lowest BCUT2D eigenvalue weighted by atomic mass is 10.2. The third-order valence-electron chi connectivity index (χ3n) is 2.86. The molecular weight excluding hydrogens is 332 g/mol. The summed E-state index contributed by atoms with van der Waals surface area (Å²) in [6.07, 6.45) is 0. The first kappa shape index (κ1) is 14.3. The van der Waals surface area contributed by atoms with Gasteiger partial charge in [0.25, 0.3) is 0 Å². The van der Waals surface area contributed by atoms with E-state index in [4.69, 9.17) is 16.3 Å². The number of aromatic nitrogens is 2. The molecule has 1 aromatic heterocycles. The molecule has 19 heavy (non-hydrogen) atoms. The number of esters is 1. The van der Waals surface area contributed by atoms with Gasteiger partial charge in [0.2, 0.25) is 0 Å². The van der Waals surface area contributed by atoms with Crippen molar-refractivity contribution in [1.29, 1.82) is 0 Å². The number of alkyl halides is 1. The summed E-state index contributed by atoms with van der Waals surface area (Å²) in [5.74, 6) is 0.624. The second-order valence-corrected chi connectivity index (χ2v) is 5.28. The van der Waals surface area contributed by atoms with Crippen LogP contribution >= 0.6 is 27.5 Å². The minimum absolute atomic E-state index is 0.246. The normalized spacial score (nSPS) is 12.6. The van der Waals surface area contributed by atoms with Crippen LogP contribution in [0.5, 0.6) is 0 Å². The van der Waals surface area contributed by atoms with Crippen LogP contribution < -0.4 is 0 Å². The van der Waals surface area contributed by atoms with E-state index in [1.165, 1.54) is 0 Å². The van der Waals surface area contributed by atoms with E-state index in [1.807, 2.05) is 22.8 Å². The second-order valence-electron chi connectivity index (χ2n) is 4.09. The number of nitrogens with zero attached hydrogens (tertiary/aromatic N) is 2. The predicted octanol–water partition coefficient (Wildman–Crippen LogP) is 3.66. The zero-order chi connectivity index (χ0) is 14.0. The molecule has 0 N–H and O–H groups in total.